The summed E-state index contributed by atoms with van der Waals surface area (Å²) in [6, 6.07) is 18.4. The van der Waals surface area contributed by atoms with Crippen molar-refractivity contribution in [2.45, 2.75) is 26.5 Å². The van der Waals surface area contributed by atoms with Crippen molar-refractivity contribution in [3.05, 3.63) is 132 Å². The van der Waals surface area contributed by atoms with Crippen LogP contribution in [-0.4, -0.2) is 17.1 Å². The zero-order chi connectivity index (χ0) is 27.5. The molecule has 1 aliphatic heterocycles. The van der Waals surface area contributed by atoms with Gasteiger partial charge in [-0.15, -0.1) is 0 Å². The van der Waals surface area contributed by atoms with Crippen molar-refractivity contribution in [1.82, 2.24) is 4.57 Å². The van der Waals surface area contributed by atoms with Gasteiger partial charge in [-0.05, 0) is 61.4 Å². The van der Waals surface area contributed by atoms with E-state index in [0.29, 0.717) is 31.9 Å². The molecule has 0 bridgehead atoms. The Labute approximate surface area is 226 Å². The van der Waals surface area contributed by atoms with Crippen molar-refractivity contribution in [2.75, 3.05) is 6.61 Å². The maximum atomic E-state index is 13.9. The Bertz CT molecular complexity index is 1740. The van der Waals surface area contributed by atoms with Crippen LogP contribution < -0.4 is 19.6 Å². The number of nitrogens with zero attached hydrogens (tertiary/aromatic N) is 2. The Balaban J connectivity index is 1.50. The van der Waals surface area contributed by atoms with Crippen LogP contribution in [0.2, 0.25) is 0 Å². The minimum absolute atomic E-state index is 0.0934. The lowest BCUT2D eigenvalue weighted by atomic mass is 9.96. The quantitative estimate of drug-likeness (QED) is 0.317. The third-order valence-corrected chi connectivity index (χ3v) is 7.22. The molecule has 0 amide bonds. The molecule has 6 nitrogen and oxygen atoms in total. The molecule has 0 fully saturated rings. The molecule has 0 unspecified atom stereocenters. The summed E-state index contributed by atoms with van der Waals surface area (Å²) < 4.78 is 40.4. The summed E-state index contributed by atoms with van der Waals surface area (Å²) in [6.07, 6.45) is 1.73. The average molecular weight is 547 g/mol. The van der Waals surface area contributed by atoms with Crippen molar-refractivity contribution in [3.63, 3.8) is 0 Å². The average Bonchev–Trinajstić information content (AvgIpc) is 3.23. The van der Waals surface area contributed by atoms with E-state index >= 15 is 0 Å². The number of thiazole rings is 1. The summed E-state index contributed by atoms with van der Waals surface area (Å²) in [4.78, 5) is 31.5. The van der Waals surface area contributed by atoms with E-state index in [1.54, 1.807) is 74.5 Å². The molecule has 5 rings (SSSR count). The monoisotopic (exact) mass is 546 g/mol. The predicted octanol–water partition coefficient (Wildman–Crippen LogP) is 4.66. The largest absolute Gasteiger partial charge is 0.489 e. The molecule has 1 atom stereocenters. The molecule has 0 radical (unpaired) electrons. The number of aromatic nitrogens is 1. The highest BCUT2D eigenvalue weighted by Gasteiger charge is 2.33. The van der Waals surface area contributed by atoms with Crippen molar-refractivity contribution in [2.24, 2.45) is 4.99 Å². The van der Waals surface area contributed by atoms with Crippen LogP contribution in [0.3, 0.4) is 0 Å². The molecule has 3 aromatic carbocycles. The zero-order valence-electron chi connectivity index (χ0n) is 21.2. The van der Waals surface area contributed by atoms with Crippen molar-refractivity contribution >= 4 is 23.4 Å². The molecule has 0 spiro atoms. The summed E-state index contributed by atoms with van der Waals surface area (Å²) in [7, 11) is 0. The molecule has 198 valence electrons. The molecular weight excluding hydrogens is 522 g/mol. The first-order valence-electron chi connectivity index (χ1n) is 12.3. The van der Waals surface area contributed by atoms with Gasteiger partial charge < -0.3 is 9.47 Å². The summed E-state index contributed by atoms with van der Waals surface area (Å²) >= 11 is 1.20. The van der Waals surface area contributed by atoms with E-state index in [-0.39, 0.29) is 30.2 Å². The molecule has 4 aromatic rings. The number of benzene rings is 3. The van der Waals surface area contributed by atoms with Crippen molar-refractivity contribution in [3.8, 4) is 5.75 Å². The van der Waals surface area contributed by atoms with Gasteiger partial charge in [0.1, 0.15) is 24.0 Å². The van der Waals surface area contributed by atoms with Crippen LogP contribution in [0.25, 0.3) is 6.08 Å². The van der Waals surface area contributed by atoms with E-state index in [2.05, 4.69) is 4.99 Å². The highest BCUT2D eigenvalue weighted by molar-refractivity contribution is 7.07. The first kappa shape index (κ1) is 26.2. The van der Waals surface area contributed by atoms with Gasteiger partial charge >= 0.3 is 5.97 Å². The summed E-state index contributed by atoms with van der Waals surface area (Å²) in [6.45, 7) is 3.65. The fourth-order valence-corrected chi connectivity index (χ4v) is 5.39. The van der Waals surface area contributed by atoms with Gasteiger partial charge in [-0.25, -0.2) is 18.6 Å². The number of esters is 1. The van der Waals surface area contributed by atoms with E-state index in [9.17, 15) is 18.4 Å². The van der Waals surface area contributed by atoms with Gasteiger partial charge in [-0.3, -0.25) is 9.36 Å². The Morgan fingerprint density at radius 3 is 2.46 bits per heavy atom. The van der Waals surface area contributed by atoms with E-state index in [1.807, 2.05) is 0 Å². The number of carbonyl (C=O) groups is 1. The molecule has 0 aliphatic carbocycles. The molecular formula is C30H24F2N2O4S. The highest BCUT2D eigenvalue weighted by Crippen LogP contribution is 2.30. The first-order valence-corrected chi connectivity index (χ1v) is 13.1. The number of hydrogen-bond donors (Lipinski definition) is 0. The number of allylic oxidation sites excluding steroid dienone is 1. The van der Waals surface area contributed by atoms with Crippen molar-refractivity contribution in [1.29, 1.82) is 0 Å². The van der Waals surface area contributed by atoms with Gasteiger partial charge in [0, 0.05) is 5.56 Å². The lowest BCUT2D eigenvalue weighted by molar-refractivity contribution is -0.139. The van der Waals surface area contributed by atoms with Crippen LogP contribution in [0.5, 0.6) is 5.75 Å². The van der Waals surface area contributed by atoms with Gasteiger partial charge in [0.05, 0.1) is 28.5 Å². The number of fused-ring (bicyclic) bond motifs is 1. The van der Waals surface area contributed by atoms with Gasteiger partial charge in [0.2, 0.25) is 0 Å². The minimum atomic E-state index is -0.808. The number of carbonyl (C=O) groups excluding carboxylic acids is 1. The lowest BCUT2D eigenvalue weighted by Gasteiger charge is -2.24. The van der Waals surface area contributed by atoms with E-state index in [1.165, 1.54) is 34.1 Å². The lowest BCUT2D eigenvalue weighted by Crippen LogP contribution is -2.39. The first-order chi connectivity index (χ1) is 18.9. The fourth-order valence-electron chi connectivity index (χ4n) is 4.34. The molecule has 39 heavy (non-hydrogen) atoms. The predicted molar refractivity (Wildman–Crippen MR) is 144 cm³/mol. The van der Waals surface area contributed by atoms with Crippen molar-refractivity contribution < 1.29 is 23.0 Å². The molecule has 0 saturated carbocycles. The molecule has 1 aromatic heterocycles. The minimum Gasteiger partial charge on any atom is -0.489 e. The maximum absolute atomic E-state index is 13.9. The Kier molecular flexibility index (Phi) is 7.51. The normalized spacial score (nSPS) is 15.1. The summed E-state index contributed by atoms with van der Waals surface area (Å²) in [5.41, 5.74) is 2.11. The highest BCUT2D eigenvalue weighted by atomic mass is 32.1. The second kappa shape index (κ2) is 11.2. The number of ether oxygens (including phenoxy) is 2. The van der Waals surface area contributed by atoms with Crippen LogP contribution in [0.4, 0.5) is 8.78 Å². The summed E-state index contributed by atoms with van der Waals surface area (Å²) in [5.74, 6) is -0.771. The fraction of sp³-hybridized carbons (Fsp3) is 0.167. The molecule has 9 heteroatoms. The smallest absolute Gasteiger partial charge is 0.338 e. The maximum Gasteiger partial charge on any atom is 0.338 e. The molecule has 0 N–H and O–H groups in total. The van der Waals surface area contributed by atoms with Crippen LogP contribution in [-0.2, 0) is 16.1 Å². The van der Waals surface area contributed by atoms with Crippen LogP contribution in [0.1, 0.15) is 36.6 Å². The van der Waals surface area contributed by atoms with Crippen LogP contribution in [0, 0.1) is 11.6 Å². The van der Waals surface area contributed by atoms with Crippen LogP contribution >= 0.6 is 11.3 Å². The number of halogens is 2. The van der Waals surface area contributed by atoms with Gasteiger partial charge in [0.15, 0.2) is 4.80 Å². The number of rotatable bonds is 7. The van der Waals surface area contributed by atoms with Gasteiger partial charge in [-0.1, -0.05) is 53.8 Å². The molecule has 1 aliphatic rings. The topological polar surface area (TPSA) is 69.9 Å². The SMILES string of the molecule is CCOC(=O)C1=C(C)N=c2s/c(=C\c3ccc(OCc4ccccc4F)cc3)c(=O)n2[C@@H]1c1ccc(F)cc1. The van der Waals surface area contributed by atoms with E-state index < -0.39 is 17.8 Å². The third-order valence-electron chi connectivity index (χ3n) is 6.23. The van der Waals surface area contributed by atoms with Crippen LogP contribution in [0.15, 0.2) is 93.9 Å². The van der Waals surface area contributed by atoms with E-state index in [0.717, 1.165) is 5.56 Å². The second-order valence-corrected chi connectivity index (χ2v) is 9.81. The Morgan fingerprint density at radius 2 is 1.77 bits per heavy atom. The Hall–Kier alpha value is -4.37. The third kappa shape index (κ3) is 5.44. The van der Waals surface area contributed by atoms with Gasteiger partial charge in [0.25, 0.3) is 5.56 Å². The summed E-state index contributed by atoms with van der Waals surface area (Å²) in [5, 5.41) is 0. The Morgan fingerprint density at radius 1 is 1.05 bits per heavy atom. The van der Waals surface area contributed by atoms with Gasteiger partial charge in [-0.2, -0.15) is 0 Å². The van der Waals surface area contributed by atoms with E-state index in [4.69, 9.17) is 9.47 Å². The molecule has 2 heterocycles. The second-order valence-electron chi connectivity index (χ2n) is 8.80. The molecule has 0 saturated heterocycles. The number of hydrogen-bond acceptors (Lipinski definition) is 6. The standard InChI is InChI=1S/C30H24F2N2O4S/c1-3-37-29(36)26-18(2)33-30-34(27(26)20-10-12-22(31)13-11-20)28(35)25(39-30)16-19-8-14-23(15-9-19)38-17-21-6-4-5-7-24(21)32/h4-16,27H,3,17H2,1-2H3/b25-16-/t27-/m1/s1. The zero-order valence-corrected chi connectivity index (χ0v) is 22.0.